The van der Waals surface area contributed by atoms with Crippen molar-refractivity contribution in [3.05, 3.63) is 71.3 Å². The minimum Gasteiger partial charge on any atom is -0.309 e. The molecule has 1 aliphatic heterocycles. The molecule has 0 aromatic heterocycles. The van der Waals surface area contributed by atoms with E-state index < -0.39 is 0 Å². The van der Waals surface area contributed by atoms with Crippen molar-refractivity contribution < 1.29 is 0 Å². The van der Waals surface area contributed by atoms with Gasteiger partial charge in [0.25, 0.3) is 0 Å². The third-order valence-electron chi connectivity index (χ3n) is 6.41. The van der Waals surface area contributed by atoms with Crippen LogP contribution in [0.1, 0.15) is 43.4 Å². The first kappa shape index (κ1) is 17.8. The monoisotopic (exact) mass is 348 g/mol. The summed E-state index contributed by atoms with van der Waals surface area (Å²) < 4.78 is 0. The highest BCUT2D eigenvalue weighted by Crippen LogP contribution is 2.46. The average molecular weight is 349 g/mol. The van der Waals surface area contributed by atoms with Crippen molar-refractivity contribution in [1.29, 1.82) is 0 Å². The first-order chi connectivity index (χ1) is 12.7. The van der Waals surface area contributed by atoms with E-state index in [-0.39, 0.29) is 0 Å². The zero-order valence-electron chi connectivity index (χ0n) is 16.2. The minimum atomic E-state index is 0.318. The molecule has 0 bridgehead atoms. The maximum absolute atomic E-state index is 3.94. The van der Waals surface area contributed by atoms with Gasteiger partial charge in [0, 0.05) is 24.5 Å². The summed E-state index contributed by atoms with van der Waals surface area (Å²) in [5, 5.41) is 3.94. The maximum Gasteiger partial charge on any atom is 0.0209 e. The molecule has 1 unspecified atom stereocenters. The van der Waals surface area contributed by atoms with Gasteiger partial charge in [0.2, 0.25) is 0 Å². The number of hydrogen-bond donors (Lipinski definition) is 1. The fourth-order valence-corrected chi connectivity index (χ4v) is 5.16. The van der Waals surface area contributed by atoms with Gasteiger partial charge in [0.05, 0.1) is 0 Å². The SMILES string of the molecule is CC(C)CN1CCC2(CC1)c1ccccc1CC2NCc1ccccc1. The number of fused-ring (bicyclic) bond motifs is 2. The summed E-state index contributed by atoms with van der Waals surface area (Å²) in [5.41, 5.74) is 4.89. The Labute approximate surface area is 158 Å². The van der Waals surface area contributed by atoms with Gasteiger partial charge >= 0.3 is 0 Å². The molecule has 1 fully saturated rings. The van der Waals surface area contributed by atoms with Gasteiger partial charge in [0.15, 0.2) is 0 Å². The molecule has 2 aliphatic rings. The van der Waals surface area contributed by atoms with E-state index in [0.717, 1.165) is 12.5 Å². The Kier molecular flexibility index (Phi) is 5.15. The lowest BCUT2D eigenvalue weighted by Gasteiger charge is -2.44. The van der Waals surface area contributed by atoms with Crippen molar-refractivity contribution in [3.8, 4) is 0 Å². The number of nitrogens with one attached hydrogen (secondary N) is 1. The third-order valence-corrected chi connectivity index (χ3v) is 6.41. The van der Waals surface area contributed by atoms with Crippen LogP contribution >= 0.6 is 0 Å². The second kappa shape index (κ2) is 7.54. The van der Waals surface area contributed by atoms with Crippen LogP contribution in [-0.2, 0) is 18.4 Å². The molecular formula is C24H32N2. The number of rotatable bonds is 5. The van der Waals surface area contributed by atoms with Gasteiger partial charge in [0.1, 0.15) is 0 Å². The Morgan fingerprint density at radius 3 is 2.42 bits per heavy atom. The minimum absolute atomic E-state index is 0.318. The number of likely N-dealkylation sites (tertiary alicyclic amines) is 1. The van der Waals surface area contributed by atoms with Crippen LogP contribution in [0.15, 0.2) is 54.6 Å². The molecule has 2 aromatic carbocycles. The first-order valence-corrected chi connectivity index (χ1v) is 10.3. The Balaban J connectivity index is 1.52. The summed E-state index contributed by atoms with van der Waals surface area (Å²) in [6.45, 7) is 9.34. The van der Waals surface area contributed by atoms with Crippen molar-refractivity contribution >= 4 is 0 Å². The molecule has 2 aromatic rings. The number of piperidine rings is 1. The average Bonchev–Trinajstić information content (AvgIpc) is 2.96. The van der Waals surface area contributed by atoms with Gasteiger partial charge in [-0.05, 0) is 55.0 Å². The Morgan fingerprint density at radius 1 is 1.00 bits per heavy atom. The van der Waals surface area contributed by atoms with E-state index >= 15 is 0 Å². The highest BCUT2D eigenvalue weighted by molar-refractivity contribution is 5.43. The van der Waals surface area contributed by atoms with E-state index in [0.29, 0.717) is 11.5 Å². The van der Waals surface area contributed by atoms with E-state index in [1.54, 1.807) is 11.1 Å². The van der Waals surface area contributed by atoms with E-state index in [1.165, 1.54) is 44.5 Å². The Morgan fingerprint density at radius 2 is 1.69 bits per heavy atom. The molecule has 1 heterocycles. The summed E-state index contributed by atoms with van der Waals surface area (Å²) >= 11 is 0. The fourth-order valence-electron chi connectivity index (χ4n) is 5.16. The lowest BCUT2D eigenvalue weighted by Crippen LogP contribution is -2.52. The molecule has 4 rings (SSSR count). The van der Waals surface area contributed by atoms with Crippen LogP contribution in [0.3, 0.4) is 0 Å². The molecule has 138 valence electrons. The highest BCUT2D eigenvalue weighted by Gasteiger charge is 2.47. The van der Waals surface area contributed by atoms with Crippen molar-refractivity contribution in [2.45, 2.75) is 51.1 Å². The summed E-state index contributed by atoms with van der Waals surface area (Å²) in [4.78, 5) is 2.67. The maximum atomic E-state index is 3.94. The van der Waals surface area contributed by atoms with Crippen molar-refractivity contribution in [2.75, 3.05) is 19.6 Å². The Hall–Kier alpha value is -1.64. The van der Waals surface area contributed by atoms with E-state index in [2.05, 4.69) is 78.7 Å². The van der Waals surface area contributed by atoms with Crippen molar-refractivity contribution in [2.24, 2.45) is 5.92 Å². The highest BCUT2D eigenvalue weighted by atomic mass is 15.1. The topological polar surface area (TPSA) is 15.3 Å². The largest absolute Gasteiger partial charge is 0.309 e. The van der Waals surface area contributed by atoms with Gasteiger partial charge in [-0.15, -0.1) is 0 Å². The summed E-state index contributed by atoms with van der Waals surface area (Å²) in [6.07, 6.45) is 3.74. The van der Waals surface area contributed by atoms with Crippen LogP contribution in [0.25, 0.3) is 0 Å². The predicted molar refractivity (Wildman–Crippen MR) is 109 cm³/mol. The molecule has 0 amide bonds. The van der Waals surface area contributed by atoms with Crippen LogP contribution in [0.4, 0.5) is 0 Å². The summed E-state index contributed by atoms with van der Waals surface area (Å²) in [7, 11) is 0. The first-order valence-electron chi connectivity index (χ1n) is 10.3. The van der Waals surface area contributed by atoms with Crippen molar-refractivity contribution in [1.82, 2.24) is 10.2 Å². The van der Waals surface area contributed by atoms with Crippen LogP contribution in [-0.4, -0.2) is 30.6 Å². The van der Waals surface area contributed by atoms with E-state index in [1.807, 2.05) is 0 Å². The third kappa shape index (κ3) is 3.45. The zero-order chi connectivity index (χ0) is 18.0. The molecule has 1 saturated heterocycles. The van der Waals surface area contributed by atoms with Crippen molar-refractivity contribution in [3.63, 3.8) is 0 Å². The van der Waals surface area contributed by atoms with Crippen LogP contribution in [0, 0.1) is 5.92 Å². The van der Waals surface area contributed by atoms with Gasteiger partial charge in [-0.2, -0.15) is 0 Å². The summed E-state index contributed by atoms with van der Waals surface area (Å²) in [5.74, 6) is 0.756. The molecule has 0 radical (unpaired) electrons. The normalized spacial score (nSPS) is 22.0. The molecular weight excluding hydrogens is 316 g/mol. The standard InChI is InChI=1S/C24H32N2/c1-19(2)18-26-14-12-24(13-15-26)22-11-7-6-10-21(22)16-23(24)25-17-20-8-4-3-5-9-20/h3-11,19,23,25H,12-18H2,1-2H3. The second-order valence-corrected chi connectivity index (χ2v) is 8.63. The second-order valence-electron chi connectivity index (χ2n) is 8.63. The van der Waals surface area contributed by atoms with Gasteiger partial charge in [-0.1, -0.05) is 68.4 Å². The van der Waals surface area contributed by atoms with Gasteiger partial charge in [-0.3, -0.25) is 0 Å². The molecule has 2 heteroatoms. The van der Waals surface area contributed by atoms with Crippen LogP contribution in [0.5, 0.6) is 0 Å². The quantitative estimate of drug-likeness (QED) is 0.862. The fraction of sp³-hybridized carbons (Fsp3) is 0.500. The lowest BCUT2D eigenvalue weighted by molar-refractivity contribution is 0.125. The number of benzene rings is 2. The molecule has 1 N–H and O–H groups in total. The van der Waals surface area contributed by atoms with Crippen LogP contribution < -0.4 is 5.32 Å². The smallest absolute Gasteiger partial charge is 0.0209 e. The Bertz CT molecular complexity index is 714. The zero-order valence-corrected chi connectivity index (χ0v) is 16.2. The molecule has 1 atom stereocenters. The summed E-state index contributed by atoms with van der Waals surface area (Å²) in [6, 6.07) is 20.6. The molecule has 2 nitrogen and oxygen atoms in total. The van der Waals surface area contributed by atoms with Crippen LogP contribution in [0.2, 0.25) is 0 Å². The lowest BCUT2D eigenvalue weighted by atomic mass is 9.71. The molecule has 1 spiro atoms. The molecule has 0 saturated carbocycles. The molecule has 26 heavy (non-hydrogen) atoms. The van der Waals surface area contributed by atoms with E-state index in [4.69, 9.17) is 0 Å². The van der Waals surface area contributed by atoms with Gasteiger partial charge < -0.3 is 10.2 Å². The molecule has 1 aliphatic carbocycles. The van der Waals surface area contributed by atoms with E-state index in [9.17, 15) is 0 Å². The predicted octanol–water partition coefficient (Wildman–Crippen LogP) is 4.39. The van der Waals surface area contributed by atoms with Gasteiger partial charge in [-0.25, -0.2) is 0 Å². The number of nitrogens with zero attached hydrogens (tertiary/aromatic N) is 1. The number of hydrogen-bond acceptors (Lipinski definition) is 2.